The molecular weight excluding hydrogens is 549 g/mol. The highest BCUT2D eigenvalue weighted by Gasteiger charge is 2.26. The Labute approximate surface area is 167 Å². The number of hydrogen-bond donors (Lipinski definition) is 0. The van der Waals surface area contributed by atoms with Crippen LogP contribution in [0.4, 0.5) is 4.39 Å². The Kier molecular flexibility index (Phi) is 10.3. The molecule has 0 bridgehead atoms. The molecule has 0 spiro atoms. The van der Waals surface area contributed by atoms with E-state index in [1.54, 1.807) is 19.2 Å². The number of rotatable bonds is 11. The summed E-state index contributed by atoms with van der Waals surface area (Å²) in [6, 6.07) is 3.27. The van der Waals surface area contributed by atoms with Crippen LogP contribution in [0.15, 0.2) is 12.1 Å². The molecule has 0 aromatic heterocycles. The van der Waals surface area contributed by atoms with Crippen molar-refractivity contribution in [3.63, 3.8) is 0 Å². The van der Waals surface area contributed by atoms with Crippen molar-refractivity contribution < 1.29 is 33.2 Å². The SMILES string of the molecule is COCCOc1c(I)cc(C(OCCOC)C(F)C(=O)[O-])cc1I. The highest BCUT2D eigenvalue weighted by Crippen LogP contribution is 2.33. The molecule has 0 aliphatic carbocycles. The predicted molar refractivity (Wildman–Crippen MR) is 99.7 cm³/mol. The van der Waals surface area contributed by atoms with Crippen molar-refractivity contribution in [1.29, 1.82) is 0 Å². The zero-order valence-corrected chi connectivity index (χ0v) is 17.5. The van der Waals surface area contributed by atoms with E-state index in [1.165, 1.54) is 7.11 Å². The summed E-state index contributed by atoms with van der Waals surface area (Å²) in [6.07, 6.45) is -3.56. The average molecular weight is 567 g/mol. The van der Waals surface area contributed by atoms with Crippen LogP contribution in [0.2, 0.25) is 0 Å². The first-order chi connectivity index (χ1) is 11.4. The van der Waals surface area contributed by atoms with Gasteiger partial charge < -0.3 is 28.8 Å². The highest BCUT2D eigenvalue weighted by atomic mass is 127. The van der Waals surface area contributed by atoms with Gasteiger partial charge in [0.15, 0.2) is 6.17 Å². The summed E-state index contributed by atoms with van der Waals surface area (Å²) < 4.78 is 36.2. The first-order valence-corrected chi connectivity index (χ1v) is 9.14. The standard InChI is InChI=1S/C15H19FI2O6/c1-21-3-5-23-13(12(16)15(19)20)9-7-10(17)14(11(18)8-9)24-6-4-22-2/h7-8,12-13H,3-6H2,1-2H3,(H,19,20)/p-1. The van der Waals surface area contributed by atoms with Crippen molar-refractivity contribution >= 4 is 51.2 Å². The summed E-state index contributed by atoms with van der Waals surface area (Å²) in [5.41, 5.74) is 0.399. The quantitative estimate of drug-likeness (QED) is 0.300. The van der Waals surface area contributed by atoms with Gasteiger partial charge in [-0.15, -0.1) is 0 Å². The second-order valence-electron chi connectivity index (χ2n) is 4.66. The van der Waals surface area contributed by atoms with Crippen LogP contribution >= 0.6 is 45.2 Å². The van der Waals surface area contributed by atoms with E-state index >= 15 is 0 Å². The topological polar surface area (TPSA) is 77.0 Å². The summed E-state index contributed by atoms with van der Waals surface area (Å²) in [6.45, 7) is 1.10. The molecule has 2 atom stereocenters. The van der Waals surface area contributed by atoms with Crippen molar-refractivity contribution in [3.05, 3.63) is 24.8 Å². The molecule has 0 heterocycles. The zero-order valence-electron chi connectivity index (χ0n) is 13.2. The van der Waals surface area contributed by atoms with Crippen LogP contribution < -0.4 is 9.84 Å². The number of benzene rings is 1. The molecule has 9 heteroatoms. The Hall–Kier alpha value is -0.240. The van der Waals surface area contributed by atoms with Crippen LogP contribution in [0.25, 0.3) is 0 Å². The summed E-state index contributed by atoms with van der Waals surface area (Å²) in [7, 11) is 3.05. The number of methoxy groups -OCH3 is 2. The van der Waals surface area contributed by atoms with Gasteiger partial charge in [0.1, 0.15) is 18.5 Å². The third-order valence-corrected chi connectivity index (χ3v) is 4.56. The van der Waals surface area contributed by atoms with Crippen molar-refractivity contribution in [2.75, 3.05) is 40.6 Å². The van der Waals surface area contributed by atoms with E-state index < -0.39 is 18.2 Å². The lowest BCUT2D eigenvalue weighted by Gasteiger charge is -2.24. The summed E-state index contributed by atoms with van der Waals surface area (Å²) >= 11 is 4.09. The molecule has 1 rings (SSSR count). The molecule has 24 heavy (non-hydrogen) atoms. The number of hydrogen-bond acceptors (Lipinski definition) is 6. The number of carbonyl (C=O) groups is 1. The average Bonchev–Trinajstić information content (AvgIpc) is 2.53. The fraction of sp³-hybridized carbons (Fsp3) is 0.533. The Morgan fingerprint density at radius 2 is 1.67 bits per heavy atom. The fourth-order valence-corrected chi connectivity index (χ4v) is 3.97. The summed E-state index contributed by atoms with van der Waals surface area (Å²) in [4.78, 5) is 10.9. The fourth-order valence-electron chi connectivity index (χ4n) is 1.84. The first-order valence-electron chi connectivity index (χ1n) is 6.98. The summed E-state index contributed by atoms with van der Waals surface area (Å²) in [5, 5.41) is 10.9. The van der Waals surface area contributed by atoms with E-state index in [9.17, 15) is 14.3 Å². The molecule has 0 radical (unpaired) electrons. The number of halogens is 3. The van der Waals surface area contributed by atoms with Gasteiger partial charge in [-0.05, 0) is 62.9 Å². The molecule has 1 aromatic rings. The van der Waals surface area contributed by atoms with Crippen LogP contribution in [-0.4, -0.2) is 52.8 Å². The van der Waals surface area contributed by atoms with Gasteiger partial charge in [0.05, 0.1) is 32.9 Å². The van der Waals surface area contributed by atoms with Crippen LogP contribution in [0.1, 0.15) is 11.7 Å². The molecule has 0 amide bonds. The largest absolute Gasteiger partial charge is 0.547 e. The number of ether oxygens (including phenoxy) is 4. The Balaban J connectivity index is 3.03. The second kappa shape index (κ2) is 11.4. The molecule has 0 saturated heterocycles. The predicted octanol–water partition coefficient (Wildman–Crippen LogP) is 1.71. The van der Waals surface area contributed by atoms with Crippen molar-refractivity contribution in [1.82, 2.24) is 0 Å². The van der Waals surface area contributed by atoms with Gasteiger partial charge in [-0.1, -0.05) is 0 Å². The lowest BCUT2D eigenvalue weighted by molar-refractivity contribution is -0.315. The molecule has 0 saturated carbocycles. The van der Waals surface area contributed by atoms with E-state index in [0.29, 0.717) is 24.5 Å². The van der Waals surface area contributed by atoms with E-state index in [2.05, 4.69) is 0 Å². The zero-order chi connectivity index (χ0) is 18.1. The molecule has 6 nitrogen and oxygen atoms in total. The van der Waals surface area contributed by atoms with E-state index in [1.807, 2.05) is 45.2 Å². The van der Waals surface area contributed by atoms with Crippen molar-refractivity contribution in [2.24, 2.45) is 0 Å². The van der Waals surface area contributed by atoms with Crippen molar-refractivity contribution in [2.45, 2.75) is 12.3 Å². The van der Waals surface area contributed by atoms with Crippen molar-refractivity contribution in [3.8, 4) is 5.75 Å². The summed E-state index contributed by atoms with van der Waals surface area (Å²) in [5.74, 6) is -1.18. The Bertz CT molecular complexity index is 520. The van der Waals surface area contributed by atoms with E-state index in [-0.39, 0.29) is 13.2 Å². The highest BCUT2D eigenvalue weighted by molar-refractivity contribution is 14.1. The monoisotopic (exact) mass is 567 g/mol. The van der Waals surface area contributed by atoms with Gasteiger partial charge in [0.25, 0.3) is 0 Å². The first kappa shape index (κ1) is 21.8. The minimum absolute atomic E-state index is 0.0636. The van der Waals surface area contributed by atoms with Gasteiger partial charge in [-0.3, -0.25) is 0 Å². The number of aliphatic carboxylic acids is 1. The lowest BCUT2D eigenvalue weighted by atomic mass is 10.0. The third kappa shape index (κ3) is 6.58. The molecule has 2 unspecified atom stereocenters. The van der Waals surface area contributed by atoms with Gasteiger partial charge in [0, 0.05) is 14.2 Å². The molecule has 1 aromatic carbocycles. The number of carboxylic acid groups (broad SMARTS) is 1. The van der Waals surface area contributed by atoms with Crippen LogP contribution in [-0.2, 0) is 19.0 Å². The normalized spacial score (nSPS) is 13.5. The molecule has 0 fully saturated rings. The minimum Gasteiger partial charge on any atom is -0.547 e. The van der Waals surface area contributed by atoms with Crippen LogP contribution in [0, 0.1) is 7.14 Å². The molecule has 0 N–H and O–H groups in total. The number of carboxylic acids is 1. The van der Waals surface area contributed by atoms with Crippen LogP contribution in [0.3, 0.4) is 0 Å². The Morgan fingerprint density at radius 1 is 1.12 bits per heavy atom. The van der Waals surface area contributed by atoms with E-state index in [4.69, 9.17) is 18.9 Å². The third-order valence-electron chi connectivity index (χ3n) is 2.96. The maximum absolute atomic E-state index is 14.0. The molecule has 136 valence electrons. The minimum atomic E-state index is -2.28. The molecular formula is C15H18FI2O6-. The van der Waals surface area contributed by atoms with E-state index in [0.717, 1.165) is 7.14 Å². The van der Waals surface area contributed by atoms with Gasteiger partial charge in [-0.2, -0.15) is 0 Å². The second-order valence-corrected chi connectivity index (χ2v) is 6.98. The Morgan fingerprint density at radius 3 is 2.17 bits per heavy atom. The smallest absolute Gasteiger partial charge is 0.169 e. The number of alkyl halides is 1. The van der Waals surface area contributed by atoms with Gasteiger partial charge in [0.2, 0.25) is 0 Å². The van der Waals surface area contributed by atoms with Gasteiger partial charge >= 0.3 is 0 Å². The van der Waals surface area contributed by atoms with Crippen LogP contribution in [0.5, 0.6) is 5.75 Å². The molecule has 0 aliphatic rings. The maximum Gasteiger partial charge on any atom is 0.169 e. The van der Waals surface area contributed by atoms with Gasteiger partial charge in [-0.25, -0.2) is 4.39 Å². The molecule has 0 aliphatic heterocycles. The number of carbonyl (C=O) groups excluding carboxylic acids is 1. The lowest BCUT2D eigenvalue weighted by Crippen LogP contribution is -2.38. The maximum atomic E-state index is 14.0.